The number of nitriles is 1. The van der Waals surface area contributed by atoms with Gasteiger partial charge in [0.25, 0.3) is 0 Å². The molecule has 0 saturated heterocycles. The summed E-state index contributed by atoms with van der Waals surface area (Å²) in [7, 11) is 0. The molecule has 0 amide bonds. The van der Waals surface area contributed by atoms with Crippen molar-refractivity contribution in [1.29, 1.82) is 5.26 Å². The number of rotatable bonds is 1. The number of nitrogens with zero attached hydrogens (tertiary/aromatic N) is 2. The van der Waals surface area contributed by atoms with Crippen LogP contribution in [-0.2, 0) is 6.42 Å². The van der Waals surface area contributed by atoms with Crippen LogP contribution in [0.4, 0.5) is 0 Å². The first kappa shape index (κ1) is 9.95. The van der Waals surface area contributed by atoms with Gasteiger partial charge in [0.2, 0.25) is 0 Å². The van der Waals surface area contributed by atoms with E-state index in [4.69, 9.17) is 16.9 Å². The lowest BCUT2D eigenvalue weighted by Crippen LogP contribution is -1.91. The van der Waals surface area contributed by atoms with Crippen LogP contribution < -0.4 is 0 Å². The first-order valence-corrected chi connectivity index (χ1v) is 5.01. The lowest BCUT2D eigenvalue weighted by molar-refractivity contribution is 1.14. The predicted molar refractivity (Wildman–Crippen MR) is 60.8 cm³/mol. The average Bonchev–Trinajstić information content (AvgIpc) is 2.17. The van der Waals surface area contributed by atoms with E-state index in [1.807, 2.05) is 31.2 Å². The lowest BCUT2D eigenvalue weighted by Gasteiger charge is -2.04. The molecule has 2 aromatic rings. The molecule has 0 bridgehead atoms. The molecule has 0 saturated carbocycles. The molecule has 3 heteroatoms. The van der Waals surface area contributed by atoms with Gasteiger partial charge in [0.1, 0.15) is 0 Å². The molecule has 1 heterocycles. The molecule has 15 heavy (non-hydrogen) atoms. The maximum atomic E-state index is 8.62. The normalized spacial score (nSPS) is 10.2. The second-order valence-electron chi connectivity index (χ2n) is 3.43. The average molecular weight is 217 g/mol. The molecule has 0 unspecified atom stereocenters. The quantitative estimate of drug-likeness (QED) is 0.734. The molecule has 74 valence electrons. The van der Waals surface area contributed by atoms with Crippen LogP contribution >= 0.6 is 11.6 Å². The summed E-state index contributed by atoms with van der Waals surface area (Å²) in [6.45, 7) is 2.01. The summed E-state index contributed by atoms with van der Waals surface area (Å²) in [5, 5.41) is 10.4. The Labute approximate surface area is 93.1 Å². The van der Waals surface area contributed by atoms with Crippen molar-refractivity contribution in [2.75, 3.05) is 0 Å². The van der Waals surface area contributed by atoms with Crippen molar-refractivity contribution in [2.45, 2.75) is 13.3 Å². The molecular weight excluding hydrogens is 208 g/mol. The van der Waals surface area contributed by atoms with Gasteiger partial charge in [0, 0.05) is 10.4 Å². The van der Waals surface area contributed by atoms with Gasteiger partial charge in [-0.25, -0.2) is 0 Å². The maximum absolute atomic E-state index is 8.62. The minimum Gasteiger partial charge on any atom is -0.252 e. The Hall–Kier alpha value is -1.59. The van der Waals surface area contributed by atoms with E-state index < -0.39 is 0 Å². The van der Waals surface area contributed by atoms with Crippen molar-refractivity contribution in [3.63, 3.8) is 0 Å². The van der Waals surface area contributed by atoms with E-state index in [9.17, 15) is 0 Å². The summed E-state index contributed by atoms with van der Waals surface area (Å²) in [6.07, 6.45) is 0.337. The minimum atomic E-state index is 0.337. The van der Waals surface area contributed by atoms with Crippen LogP contribution in [0.1, 0.15) is 11.3 Å². The van der Waals surface area contributed by atoms with Crippen LogP contribution in [0.5, 0.6) is 0 Å². The Bertz CT molecular complexity index is 555. The van der Waals surface area contributed by atoms with Gasteiger partial charge in [-0.15, -0.1) is 0 Å². The highest BCUT2D eigenvalue weighted by Gasteiger charge is 2.02. The number of halogens is 1. The van der Waals surface area contributed by atoms with Crippen LogP contribution in [0.2, 0.25) is 5.02 Å². The molecule has 0 radical (unpaired) electrons. The zero-order chi connectivity index (χ0) is 10.8. The van der Waals surface area contributed by atoms with E-state index >= 15 is 0 Å². The number of fused-ring (bicyclic) bond motifs is 1. The first-order chi connectivity index (χ1) is 7.20. The molecule has 1 aromatic carbocycles. The number of hydrogen-bond acceptors (Lipinski definition) is 2. The second kappa shape index (κ2) is 3.88. The summed E-state index contributed by atoms with van der Waals surface area (Å²) in [4.78, 5) is 4.38. The van der Waals surface area contributed by atoms with Crippen LogP contribution in [0.3, 0.4) is 0 Å². The molecule has 0 aliphatic rings. The van der Waals surface area contributed by atoms with Crippen molar-refractivity contribution < 1.29 is 0 Å². The van der Waals surface area contributed by atoms with E-state index in [1.54, 1.807) is 0 Å². The van der Waals surface area contributed by atoms with E-state index in [1.165, 1.54) is 0 Å². The van der Waals surface area contributed by atoms with Gasteiger partial charge in [0.05, 0.1) is 23.7 Å². The summed E-state index contributed by atoms with van der Waals surface area (Å²) in [5.41, 5.74) is 2.78. The molecule has 0 atom stereocenters. The Kier molecular flexibility index (Phi) is 2.57. The van der Waals surface area contributed by atoms with Crippen LogP contribution in [-0.4, -0.2) is 4.98 Å². The molecule has 2 nitrogen and oxygen atoms in total. The smallest absolute Gasteiger partial charge is 0.0775 e. The fourth-order valence-corrected chi connectivity index (χ4v) is 1.78. The Morgan fingerprint density at radius 1 is 1.40 bits per heavy atom. The van der Waals surface area contributed by atoms with Gasteiger partial charge in [-0.3, -0.25) is 4.98 Å². The fourth-order valence-electron chi connectivity index (χ4n) is 1.62. The molecule has 0 spiro atoms. The SMILES string of the molecule is Cc1cc(CC#N)nc2cc(Cl)ccc12. The first-order valence-electron chi connectivity index (χ1n) is 4.63. The standard InChI is InChI=1S/C12H9ClN2/c1-8-6-10(4-5-14)15-12-7-9(13)2-3-11(8)12/h2-3,6-7H,4H2,1H3. The van der Waals surface area contributed by atoms with Crippen molar-refractivity contribution in [3.8, 4) is 6.07 Å². The van der Waals surface area contributed by atoms with Gasteiger partial charge < -0.3 is 0 Å². The Balaban J connectivity index is 2.69. The molecule has 0 aliphatic carbocycles. The van der Waals surface area contributed by atoms with E-state index in [0.29, 0.717) is 11.4 Å². The number of pyridine rings is 1. The number of benzene rings is 1. The second-order valence-corrected chi connectivity index (χ2v) is 3.86. The van der Waals surface area contributed by atoms with Gasteiger partial charge in [0.15, 0.2) is 0 Å². The van der Waals surface area contributed by atoms with E-state index in [-0.39, 0.29) is 0 Å². The largest absolute Gasteiger partial charge is 0.252 e. The van der Waals surface area contributed by atoms with E-state index in [2.05, 4.69) is 11.1 Å². The number of hydrogen-bond donors (Lipinski definition) is 0. The van der Waals surface area contributed by atoms with Gasteiger partial charge in [-0.1, -0.05) is 17.7 Å². The van der Waals surface area contributed by atoms with Crippen molar-refractivity contribution >= 4 is 22.5 Å². The molecule has 1 aromatic heterocycles. The third-order valence-electron chi connectivity index (χ3n) is 2.29. The zero-order valence-corrected chi connectivity index (χ0v) is 9.04. The summed E-state index contributed by atoms with van der Waals surface area (Å²) < 4.78 is 0. The van der Waals surface area contributed by atoms with Crippen LogP contribution in [0, 0.1) is 18.3 Å². The monoisotopic (exact) mass is 216 g/mol. The number of aryl methyl sites for hydroxylation is 1. The molecule has 0 N–H and O–H groups in total. The summed E-state index contributed by atoms with van der Waals surface area (Å²) in [5.74, 6) is 0. The van der Waals surface area contributed by atoms with E-state index in [0.717, 1.165) is 22.2 Å². The van der Waals surface area contributed by atoms with Gasteiger partial charge in [-0.2, -0.15) is 5.26 Å². The topological polar surface area (TPSA) is 36.7 Å². The van der Waals surface area contributed by atoms with Crippen LogP contribution in [0.15, 0.2) is 24.3 Å². The highest BCUT2D eigenvalue weighted by molar-refractivity contribution is 6.31. The van der Waals surface area contributed by atoms with Crippen molar-refractivity contribution in [2.24, 2.45) is 0 Å². The molecule has 2 rings (SSSR count). The highest BCUT2D eigenvalue weighted by Crippen LogP contribution is 2.21. The zero-order valence-electron chi connectivity index (χ0n) is 8.29. The highest BCUT2D eigenvalue weighted by atomic mass is 35.5. The third kappa shape index (κ3) is 1.93. The number of aromatic nitrogens is 1. The molecular formula is C12H9ClN2. The van der Waals surface area contributed by atoms with Crippen molar-refractivity contribution in [3.05, 3.63) is 40.5 Å². The van der Waals surface area contributed by atoms with Crippen molar-refractivity contribution in [1.82, 2.24) is 4.98 Å². The fraction of sp³-hybridized carbons (Fsp3) is 0.167. The minimum absolute atomic E-state index is 0.337. The Morgan fingerprint density at radius 3 is 2.93 bits per heavy atom. The van der Waals surface area contributed by atoms with Crippen LogP contribution in [0.25, 0.3) is 10.9 Å². The van der Waals surface area contributed by atoms with Gasteiger partial charge in [-0.05, 0) is 30.7 Å². The van der Waals surface area contributed by atoms with Gasteiger partial charge >= 0.3 is 0 Å². The summed E-state index contributed by atoms with van der Waals surface area (Å²) in [6, 6.07) is 9.67. The summed E-state index contributed by atoms with van der Waals surface area (Å²) >= 11 is 5.90. The predicted octanol–water partition coefficient (Wildman–Crippen LogP) is 3.26. The maximum Gasteiger partial charge on any atom is 0.0775 e. The lowest BCUT2D eigenvalue weighted by atomic mass is 10.1. The molecule has 0 fully saturated rings. The molecule has 0 aliphatic heterocycles. The Morgan fingerprint density at radius 2 is 2.20 bits per heavy atom. The third-order valence-corrected chi connectivity index (χ3v) is 2.53.